The third kappa shape index (κ3) is 6.97. The maximum Gasteiger partial charge on any atom is 0.191 e. The van der Waals surface area contributed by atoms with Crippen molar-refractivity contribution in [3.8, 4) is 0 Å². The summed E-state index contributed by atoms with van der Waals surface area (Å²) < 4.78 is 5.65. The molecule has 0 aliphatic carbocycles. The van der Waals surface area contributed by atoms with Crippen LogP contribution in [0.2, 0.25) is 5.02 Å². The van der Waals surface area contributed by atoms with E-state index in [-0.39, 0.29) is 29.4 Å². The van der Waals surface area contributed by atoms with E-state index < -0.39 is 0 Å². The van der Waals surface area contributed by atoms with Crippen molar-refractivity contribution in [3.63, 3.8) is 0 Å². The second kappa shape index (κ2) is 12.3. The predicted molar refractivity (Wildman–Crippen MR) is 133 cm³/mol. The summed E-state index contributed by atoms with van der Waals surface area (Å²) in [6.07, 6.45) is 5.57. The van der Waals surface area contributed by atoms with Gasteiger partial charge in [0.15, 0.2) is 5.96 Å². The summed E-state index contributed by atoms with van der Waals surface area (Å²) in [7, 11) is 1.86. The van der Waals surface area contributed by atoms with Crippen LogP contribution in [0.25, 0.3) is 0 Å². The Hall–Kier alpha value is -0.570. The highest BCUT2D eigenvalue weighted by atomic mass is 127. The van der Waals surface area contributed by atoms with E-state index in [0.29, 0.717) is 6.04 Å². The number of piperidine rings is 1. The number of nitrogens with zero attached hydrogens (tertiary/aromatic N) is 2. The Kier molecular flexibility index (Phi) is 10.5. The number of halogens is 2. The Morgan fingerprint density at radius 2 is 2.00 bits per heavy atom. The largest absolute Gasteiger partial charge is 0.381 e. The lowest BCUT2D eigenvalue weighted by atomic mass is 9.74. The first kappa shape index (κ1) is 24.7. The third-order valence-electron chi connectivity index (χ3n) is 6.17. The molecule has 2 aliphatic heterocycles. The highest BCUT2D eigenvalue weighted by Gasteiger charge is 2.35. The van der Waals surface area contributed by atoms with Gasteiger partial charge in [0.05, 0.1) is 0 Å². The van der Waals surface area contributed by atoms with Crippen LogP contribution in [0.3, 0.4) is 0 Å². The molecule has 0 radical (unpaired) electrons. The minimum Gasteiger partial charge on any atom is -0.381 e. The average Bonchev–Trinajstić information content (AvgIpc) is 2.73. The Morgan fingerprint density at radius 1 is 1.28 bits per heavy atom. The van der Waals surface area contributed by atoms with Crippen molar-refractivity contribution in [2.75, 3.05) is 46.4 Å². The second-order valence-corrected chi connectivity index (χ2v) is 8.53. The predicted octanol–water partition coefficient (Wildman–Crippen LogP) is 4.05. The number of likely N-dealkylation sites (tertiary alicyclic amines) is 1. The molecule has 0 spiro atoms. The molecule has 0 atom stereocenters. The van der Waals surface area contributed by atoms with E-state index in [1.165, 1.54) is 44.5 Å². The maximum absolute atomic E-state index is 6.29. The molecular weight excluding hydrogens is 499 g/mol. The van der Waals surface area contributed by atoms with Crippen molar-refractivity contribution in [1.29, 1.82) is 0 Å². The monoisotopic (exact) mass is 534 g/mol. The van der Waals surface area contributed by atoms with Crippen LogP contribution in [0, 0.1) is 0 Å². The normalized spacial score (nSPS) is 20.7. The molecule has 2 N–H and O–H groups in total. The number of aliphatic imine (C=N–C) groups is 1. The molecule has 0 saturated carbocycles. The fourth-order valence-electron chi connectivity index (χ4n) is 4.41. The van der Waals surface area contributed by atoms with Crippen LogP contribution in [0.4, 0.5) is 0 Å². The first-order valence-corrected chi connectivity index (χ1v) is 11.1. The van der Waals surface area contributed by atoms with Gasteiger partial charge in [-0.2, -0.15) is 0 Å². The van der Waals surface area contributed by atoms with Gasteiger partial charge in [-0.3, -0.25) is 4.99 Å². The third-order valence-corrected chi connectivity index (χ3v) is 6.41. The van der Waals surface area contributed by atoms with Crippen molar-refractivity contribution in [2.24, 2.45) is 4.99 Å². The standard InChI is InChI=1S/C22H35ClN4O.HI/c1-3-11-27-12-7-20(8-13-27)26-21(24-2)25-17-22(9-14-28-15-10-22)18-5-4-6-19(23)16-18;/h4-6,16,20H,3,7-15,17H2,1-2H3,(H2,24,25,26);1H. The van der Waals surface area contributed by atoms with E-state index in [1.807, 2.05) is 19.2 Å². The number of hydrogen-bond acceptors (Lipinski definition) is 3. The Bertz CT molecular complexity index is 643. The number of rotatable bonds is 6. The van der Waals surface area contributed by atoms with Gasteiger partial charge in [-0.05, 0) is 56.3 Å². The highest BCUT2D eigenvalue weighted by Crippen LogP contribution is 2.35. The summed E-state index contributed by atoms with van der Waals surface area (Å²) in [5, 5.41) is 8.05. The minimum atomic E-state index is 0. The van der Waals surface area contributed by atoms with E-state index in [0.717, 1.165) is 43.6 Å². The molecule has 3 rings (SSSR count). The maximum atomic E-state index is 6.29. The summed E-state index contributed by atoms with van der Waals surface area (Å²) in [5.41, 5.74) is 1.32. The van der Waals surface area contributed by atoms with E-state index in [4.69, 9.17) is 16.3 Å². The van der Waals surface area contributed by atoms with Gasteiger partial charge in [0.25, 0.3) is 0 Å². The molecule has 164 valence electrons. The molecule has 1 aromatic rings. The van der Waals surface area contributed by atoms with Gasteiger partial charge in [0.2, 0.25) is 0 Å². The van der Waals surface area contributed by atoms with Crippen molar-refractivity contribution < 1.29 is 4.74 Å². The second-order valence-electron chi connectivity index (χ2n) is 8.09. The zero-order chi connectivity index (χ0) is 19.8. The molecular formula is C22H36ClIN4O. The topological polar surface area (TPSA) is 48.9 Å². The van der Waals surface area contributed by atoms with Crippen LogP contribution in [-0.2, 0) is 10.2 Å². The quantitative estimate of drug-likeness (QED) is 0.329. The van der Waals surface area contributed by atoms with Crippen LogP contribution in [0.5, 0.6) is 0 Å². The molecule has 2 heterocycles. The molecule has 2 fully saturated rings. The molecule has 0 aromatic heterocycles. The lowest BCUT2D eigenvalue weighted by Crippen LogP contribution is -2.52. The summed E-state index contributed by atoms with van der Waals surface area (Å²) >= 11 is 6.29. The number of ether oxygens (including phenoxy) is 1. The van der Waals surface area contributed by atoms with Gasteiger partial charge in [0, 0.05) is 56.4 Å². The average molecular weight is 535 g/mol. The summed E-state index contributed by atoms with van der Waals surface area (Å²) in [6.45, 7) is 8.22. The van der Waals surface area contributed by atoms with Crippen LogP contribution >= 0.6 is 35.6 Å². The van der Waals surface area contributed by atoms with Gasteiger partial charge < -0.3 is 20.3 Å². The van der Waals surface area contributed by atoms with Crippen LogP contribution in [-0.4, -0.2) is 63.3 Å². The number of guanidine groups is 1. The minimum absolute atomic E-state index is 0. The molecule has 29 heavy (non-hydrogen) atoms. The SMILES string of the molecule is CCCN1CCC(NC(=NC)NCC2(c3cccc(Cl)c3)CCOCC2)CC1.I. The number of hydrogen-bond donors (Lipinski definition) is 2. The fraction of sp³-hybridized carbons (Fsp3) is 0.682. The van der Waals surface area contributed by atoms with Gasteiger partial charge in [-0.25, -0.2) is 0 Å². The summed E-state index contributed by atoms with van der Waals surface area (Å²) in [4.78, 5) is 7.05. The van der Waals surface area contributed by atoms with Gasteiger partial charge >= 0.3 is 0 Å². The summed E-state index contributed by atoms with van der Waals surface area (Å²) in [6, 6.07) is 8.78. The van der Waals surface area contributed by atoms with Crippen LogP contribution < -0.4 is 10.6 Å². The Labute approximate surface area is 198 Å². The van der Waals surface area contributed by atoms with E-state index >= 15 is 0 Å². The first-order chi connectivity index (χ1) is 13.6. The lowest BCUT2D eigenvalue weighted by molar-refractivity contribution is 0.0513. The van der Waals surface area contributed by atoms with Crippen molar-refractivity contribution in [1.82, 2.24) is 15.5 Å². The lowest BCUT2D eigenvalue weighted by Gasteiger charge is -2.39. The molecule has 2 saturated heterocycles. The molecule has 1 aromatic carbocycles. The molecule has 0 bridgehead atoms. The van der Waals surface area contributed by atoms with Crippen molar-refractivity contribution in [2.45, 2.75) is 50.5 Å². The molecule has 5 nitrogen and oxygen atoms in total. The Balaban J connectivity index is 0.00000300. The van der Waals surface area contributed by atoms with Crippen molar-refractivity contribution >= 4 is 41.5 Å². The van der Waals surface area contributed by atoms with Gasteiger partial charge in [-0.15, -0.1) is 24.0 Å². The van der Waals surface area contributed by atoms with Gasteiger partial charge in [0.1, 0.15) is 0 Å². The molecule has 2 aliphatic rings. The number of nitrogens with one attached hydrogen (secondary N) is 2. The van der Waals surface area contributed by atoms with E-state index in [2.05, 4.69) is 39.6 Å². The van der Waals surface area contributed by atoms with E-state index in [9.17, 15) is 0 Å². The molecule has 7 heteroatoms. The fourth-order valence-corrected chi connectivity index (χ4v) is 4.60. The van der Waals surface area contributed by atoms with Gasteiger partial charge in [-0.1, -0.05) is 30.7 Å². The molecule has 0 unspecified atom stereocenters. The first-order valence-electron chi connectivity index (χ1n) is 10.7. The molecule has 0 amide bonds. The smallest absolute Gasteiger partial charge is 0.191 e. The van der Waals surface area contributed by atoms with Crippen molar-refractivity contribution in [3.05, 3.63) is 34.9 Å². The van der Waals surface area contributed by atoms with Crippen LogP contribution in [0.15, 0.2) is 29.3 Å². The van der Waals surface area contributed by atoms with E-state index in [1.54, 1.807) is 0 Å². The number of benzene rings is 1. The van der Waals surface area contributed by atoms with Crippen LogP contribution in [0.1, 0.15) is 44.6 Å². The zero-order valence-corrected chi connectivity index (χ0v) is 20.8. The highest BCUT2D eigenvalue weighted by molar-refractivity contribution is 14.0. The Morgan fingerprint density at radius 3 is 2.62 bits per heavy atom. The summed E-state index contributed by atoms with van der Waals surface area (Å²) in [5.74, 6) is 0.904. The zero-order valence-electron chi connectivity index (χ0n) is 17.8.